The summed E-state index contributed by atoms with van der Waals surface area (Å²) in [7, 11) is 3.78. The van der Waals surface area contributed by atoms with Gasteiger partial charge in [-0.15, -0.1) is 0 Å². The fourth-order valence-corrected chi connectivity index (χ4v) is 3.12. The van der Waals surface area contributed by atoms with Gasteiger partial charge in [0.15, 0.2) is 0 Å². The molecule has 3 heteroatoms. The number of likely N-dealkylation sites (N-methyl/N-ethyl adjacent to an activating group) is 1. The van der Waals surface area contributed by atoms with Crippen LogP contribution in [0.5, 0.6) is 0 Å². The standard InChI is InChI=1S/C18H29NO2/c1-13-12-16(21-11-10-18(2,3)20-5)17(19-4)15-9-7-6-8-14(13)15/h6-9,13,16-17,19H,10-12H2,1-5H3. The zero-order chi connectivity index (χ0) is 15.5. The molecule has 1 N–H and O–H groups in total. The van der Waals surface area contributed by atoms with Crippen molar-refractivity contribution in [1.29, 1.82) is 0 Å². The van der Waals surface area contributed by atoms with E-state index in [4.69, 9.17) is 9.47 Å². The molecule has 2 rings (SSSR count). The molecule has 0 saturated heterocycles. The van der Waals surface area contributed by atoms with E-state index in [-0.39, 0.29) is 17.7 Å². The van der Waals surface area contributed by atoms with Crippen LogP contribution in [-0.4, -0.2) is 32.5 Å². The number of nitrogens with one attached hydrogen (secondary N) is 1. The highest BCUT2D eigenvalue weighted by Crippen LogP contribution is 2.38. The topological polar surface area (TPSA) is 30.5 Å². The molecule has 0 aliphatic heterocycles. The van der Waals surface area contributed by atoms with E-state index in [1.807, 2.05) is 7.05 Å². The van der Waals surface area contributed by atoms with Gasteiger partial charge in [-0.3, -0.25) is 0 Å². The molecular weight excluding hydrogens is 262 g/mol. The molecule has 0 bridgehead atoms. The van der Waals surface area contributed by atoms with E-state index in [0.29, 0.717) is 5.92 Å². The molecule has 0 spiro atoms. The van der Waals surface area contributed by atoms with E-state index in [1.54, 1.807) is 7.11 Å². The van der Waals surface area contributed by atoms with Crippen LogP contribution in [0, 0.1) is 0 Å². The molecule has 118 valence electrons. The number of hydrogen-bond donors (Lipinski definition) is 1. The highest BCUT2D eigenvalue weighted by atomic mass is 16.5. The lowest BCUT2D eigenvalue weighted by Crippen LogP contribution is -2.38. The van der Waals surface area contributed by atoms with Crippen molar-refractivity contribution < 1.29 is 9.47 Å². The number of hydrogen-bond acceptors (Lipinski definition) is 3. The van der Waals surface area contributed by atoms with Crippen LogP contribution >= 0.6 is 0 Å². The monoisotopic (exact) mass is 291 g/mol. The Labute approximate surface area is 129 Å². The van der Waals surface area contributed by atoms with E-state index in [2.05, 4.69) is 50.4 Å². The lowest BCUT2D eigenvalue weighted by molar-refractivity contribution is -0.0402. The van der Waals surface area contributed by atoms with E-state index in [1.165, 1.54) is 11.1 Å². The molecule has 0 radical (unpaired) electrons. The predicted octanol–water partition coefficient (Wildman–Crippen LogP) is 3.65. The summed E-state index contributed by atoms with van der Waals surface area (Å²) < 4.78 is 11.7. The van der Waals surface area contributed by atoms with Crippen molar-refractivity contribution in [2.75, 3.05) is 20.8 Å². The molecule has 3 atom stereocenters. The molecule has 1 aromatic rings. The molecule has 1 aliphatic rings. The number of fused-ring (bicyclic) bond motifs is 1. The summed E-state index contributed by atoms with van der Waals surface area (Å²) in [5.74, 6) is 0.547. The second-order valence-corrected chi connectivity index (χ2v) is 6.66. The summed E-state index contributed by atoms with van der Waals surface area (Å²) >= 11 is 0. The molecular formula is C18H29NO2. The van der Waals surface area contributed by atoms with Crippen molar-refractivity contribution in [3.63, 3.8) is 0 Å². The van der Waals surface area contributed by atoms with Crippen molar-refractivity contribution in [3.05, 3.63) is 35.4 Å². The van der Waals surface area contributed by atoms with E-state index in [9.17, 15) is 0 Å². The van der Waals surface area contributed by atoms with Crippen LogP contribution in [0.1, 0.15) is 56.7 Å². The summed E-state index contributed by atoms with van der Waals surface area (Å²) in [5, 5.41) is 3.44. The second kappa shape index (κ2) is 6.91. The maximum absolute atomic E-state index is 6.21. The van der Waals surface area contributed by atoms with Gasteiger partial charge in [-0.2, -0.15) is 0 Å². The maximum Gasteiger partial charge on any atom is 0.0775 e. The fraction of sp³-hybridized carbons (Fsp3) is 0.667. The molecule has 21 heavy (non-hydrogen) atoms. The van der Waals surface area contributed by atoms with Gasteiger partial charge >= 0.3 is 0 Å². The quantitative estimate of drug-likeness (QED) is 0.867. The number of ether oxygens (including phenoxy) is 2. The van der Waals surface area contributed by atoms with Gasteiger partial charge in [-0.25, -0.2) is 0 Å². The van der Waals surface area contributed by atoms with Crippen LogP contribution in [0.2, 0.25) is 0 Å². The van der Waals surface area contributed by atoms with E-state index in [0.717, 1.165) is 19.4 Å². The number of rotatable bonds is 6. The SMILES string of the molecule is CNC1c2ccccc2C(C)CC1OCCC(C)(C)OC. The van der Waals surface area contributed by atoms with Crippen LogP contribution in [0.25, 0.3) is 0 Å². The van der Waals surface area contributed by atoms with Crippen LogP contribution in [0.3, 0.4) is 0 Å². The molecule has 0 heterocycles. The second-order valence-electron chi connectivity index (χ2n) is 6.66. The first-order valence-corrected chi connectivity index (χ1v) is 7.91. The smallest absolute Gasteiger partial charge is 0.0775 e. The lowest BCUT2D eigenvalue weighted by Gasteiger charge is -2.37. The molecule has 1 aliphatic carbocycles. The van der Waals surface area contributed by atoms with Gasteiger partial charge in [-0.05, 0) is 50.8 Å². The molecule has 0 amide bonds. The Morgan fingerprint density at radius 3 is 2.52 bits per heavy atom. The maximum atomic E-state index is 6.21. The first kappa shape index (κ1) is 16.5. The number of benzene rings is 1. The molecule has 0 aromatic heterocycles. The minimum Gasteiger partial charge on any atom is -0.379 e. The highest BCUT2D eigenvalue weighted by molar-refractivity contribution is 5.36. The van der Waals surface area contributed by atoms with Crippen LogP contribution in [0.4, 0.5) is 0 Å². The summed E-state index contributed by atoms with van der Waals surface area (Å²) in [6.45, 7) is 7.23. The largest absolute Gasteiger partial charge is 0.379 e. The van der Waals surface area contributed by atoms with Gasteiger partial charge in [0.05, 0.1) is 17.7 Å². The Balaban J connectivity index is 2.04. The zero-order valence-electron chi connectivity index (χ0n) is 14.0. The van der Waals surface area contributed by atoms with Gasteiger partial charge in [0, 0.05) is 13.7 Å². The summed E-state index contributed by atoms with van der Waals surface area (Å²) in [6, 6.07) is 9.00. The van der Waals surface area contributed by atoms with Crippen molar-refractivity contribution in [2.45, 2.75) is 57.3 Å². The Morgan fingerprint density at radius 2 is 1.90 bits per heavy atom. The average molecular weight is 291 g/mol. The third-order valence-electron chi connectivity index (χ3n) is 4.72. The van der Waals surface area contributed by atoms with Gasteiger partial charge in [-0.1, -0.05) is 31.2 Å². The Kier molecular flexibility index (Phi) is 5.42. The summed E-state index contributed by atoms with van der Waals surface area (Å²) in [5.41, 5.74) is 2.72. The van der Waals surface area contributed by atoms with Crippen molar-refractivity contribution in [3.8, 4) is 0 Å². The first-order valence-electron chi connectivity index (χ1n) is 7.91. The van der Waals surface area contributed by atoms with Crippen LogP contribution in [0.15, 0.2) is 24.3 Å². The average Bonchev–Trinajstić information content (AvgIpc) is 2.47. The van der Waals surface area contributed by atoms with Crippen molar-refractivity contribution in [2.24, 2.45) is 0 Å². The molecule has 1 aromatic carbocycles. The Hall–Kier alpha value is -0.900. The lowest BCUT2D eigenvalue weighted by atomic mass is 9.79. The van der Waals surface area contributed by atoms with E-state index < -0.39 is 0 Å². The Morgan fingerprint density at radius 1 is 1.24 bits per heavy atom. The molecule has 3 nitrogen and oxygen atoms in total. The third-order valence-corrected chi connectivity index (χ3v) is 4.72. The Bertz CT molecular complexity index is 458. The van der Waals surface area contributed by atoms with Gasteiger partial charge in [0.25, 0.3) is 0 Å². The van der Waals surface area contributed by atoms with Gasteiger partial charge in [0.2, 0.25) is 0 Å². The normalized spacial score (nSPS) is 25.7. The van der Waals surface area contributed by atoms with Crippen LogP contribution < -0.4 is 5.32 Å². The van der Waals surface area contributed by atoms with Gasteiger partial charge in [0.1, 0.15) is 0 Å². The van der Waals surface area contributed by atoms with E-state index >= 15 is 0 Å². The third kappa shape index (κ3) is 3.85. The van der Waals surface area contributed by atoms with Crippen molar-refractivity contribution in [1.82, 2.24) is 5.32 Å². The molecule has 0 saturated carbocycles. The minimum atomic E-state index is -0.118. The highest BCUT2D eigenvalue weighted by Gasteiger charge is 2.33. The summed E-state index contributed by atoms with van der Waals surface area (Å²) in [6.07, 6.45) is 2.20. The van der Waals surface area contributed by atoms with Gasteiger partial charge < -0.3 is 14.8 Å². The fourth-order valence-electron chi connectivity index (χ4n) is 3.12. The summed E-state index contributed by atoms with van der Waals surface area (Å²) in [4.78, 5) is 0. The first-order chi connectivity index (χ1) is 9.98. The molecule has 3 unspecified atom stereocenters. The predicted molar refractivity (Wildman–Crippen MR) is 86.7 cm³/mol. The van der Waals surface area contributed by atoms with Crippen LogP contribution in [-0.2, 0) is 9.47 Å². The minimum absolute atomic E-state index is 0.118. The molecule has 0 fully saturated rings. The number of methoxy groups -OCH3 is 1. The van der Waals surface area contributed by atoms with Crippen molar-refractivity contribution >= 4 is 0 Å². The zero-order valence-corrected chi connectivity index (χ0v) is 14.0.